The third-order valence-electron chi connectivity index (χ3n) is 1.51. The predicted octanol–water partition coefficient (Wildman–Crippen LogP) is 1.53. The number of nitriles is 1. The summed E-state index contributed by atoms with van der Waals surface area (Å²) in [4.78, 5) is 9.41. The van der Waals surface area contributed by atoms with Crippen molar-refractivity contribution in [1.29, 1.82) is 5.26 Å². The van der Waals surface area contributed by atoms with E-state index in [1.54, 1.807) is 6.07 Å². The third-order valence-corrected chi connectivity index (χ3v) is 1.89. The van der Waals surface area contributed by atoms with Crippen LogP contribution in [0.4, 0.5) is 5.69 Å². The summed E-state index contributed by atoms with van der Waals surface area (Å²) >= 11 is 5.42. The van der Waals surface area contributed by atoms with Crippen LogP contribution in [0.25, 0.3) is 0 Å². The van der Waals surface area contributed by atoms with Crippen molar-refractivity contribution in [2.45, 2.75) is 0 Å². The fourth-order valence-electron chi connectivity index (χ4n) is 0.842. The molecule has 14 heavy (non-hydrogen) atoms. The molecule has 72 valence electrons. The van der Waals surface area contributed by atoms with E-state index in [9.17, 15) is 10.1 Å². The van der Waals surface area contributed by atoms with Gasteiger partial charge in [0.2, 0.25) is 5.75 Å². The van der Waals surface area contributed by atoms with E-state index < -0.39 is 27.1 Å². The number of nitro benzene ring substituents is 1. The van der Waals surface area contributed by atoms with Gasteiger partial charge in [0.1, 0.15) is 11.1 Å². The minimum absolute atomic E-state index is 0.270. The van der Waals surface area contributed by atoms with Gasteiger partial charge in [0.15, 0.2) is 5.75 Å². The highest BCUT2D eigenvalue weighted by molar-refractivity contribution is 6.33. The number of nitrogens with zero attached hydrogens (tertiary/aromatic N) is 2. The van der Waals surface area contributed by atoms with E-state index in [4.69, 9.17) is 27.1 Å². The maximum absolute atomic E-state index is 10.3. The number of nitro groups is 1. The molecule has 0 fully saturated rings. The maximum Gasteiger partial charge on any atom is 0.316 e. The SMILES string of the molecule is N#Cc1cc([N+](=O)[O-])c(O)c(O)c1Cl. The van der Waals surface area contributed by atoms with Crippen molar-refractivity contribution >= 4 is 17.3 Å². The molecule has 0 aromatic heterocycles. The summed E-state index contributed by atoms with van der Waals surface area (Å²) < 4.78 is 0. The molecule has 2 N–H and O–H groups in total. The molecular formula is C7H3ClN2O4. The molecule has 0 aliphatic rings. The van der Waals surface area contributed by atoms with E-state index in [-0.39, 0.29) is 5.56 Å². The third kappa shape index (κ3) is 1.41. The van der Waals surface area contributed by atoms with Crippen LogP contribution >= 0.6 is 11.6 Å². The first-order chi connectivity index (χ1) is 6.49. The van der Waals surface area contributed by atoms with E-state index in [0.717, 1.165) is 6.07 Å². The summed E-state index contributed by atoms with van der Waals surface area (Å²) in [5.41, 5.74) is -1.03. The standard InChI is InChI=1S/C7H3ClN2O4/c8-5-3(2-9)1-4(10(13)14)6(11)7(5)12/h1,11-12H. The first-order valence-corrected chi connectivity index (χ1v) is 3.65. The number of halogens is 1. The average molecular weight is 215 g/mol. The molecule has 0 aliphatic carbocycles. The highest BCUT2D eigenvalue weighted by Gasteiger charge is 2.23. The van der Waals surface area contributed by atoms with Gasteiger partial charge in [-0.15, -0.1) is 0 Å². The average Bonchev–Trinajstić information content (AvgIpc) is 2.14. The lowest BCUT2D eigenvalue weighted by atomic mass is 10.2. The van der Waals surface area contributed by atoms with Gasteiger partial charge in [-0.3, -0.25) is 10.1 Å². The molecule has 1 aromatic carbocycles. The number of hydrogen-bond acceptors (Lipinski definition) is 5. The first-order valence-electron chi connectivity index (χ1n) is 3.28. The maximum atomic E-state index is 10.3. The van der Waals surface area contributed by atoms with Crippen molar-refractivity contribution in [1.82, 2.24) is 0 Å². The van der Waals surface area contributed by atoms with Crippen molar-refractivity contribution in [2.24, 2.45) is 0 Å². The predicted molar refractivity (Wildman–Crippen MR) is 46.2 cm³/mol. The Labute approximate surface area is 82.7 Å². The molecule has 0 heterocycles. The summed E-state index contributed by atoms with van der Waals surface area (Å²) in [6.45, 7) is 0. The van der Waals surface area contributed by atoms with E-state index in [0.29, 0.717) is 0 Å². The lowest BCUT2D eigenvalue weighted by Gasteiger charge is -2.02. The molecule has 6 nitrogen and oxygen atoms in total. The lowest BCUT2D eigenvalue weighted by molar-refractivity contribution is -0.386. The molecular weight excluding hydrogens is 212 g/mol. The van der Waals surface area contributed by atoms with Gasteiger partial charge in [0.05, 0.1) is 10.5 Å². The summed E-state index contributed by atoms with van der Waals surface area (Å²) in [7, 11) is 0. The summed E-state index contributed by atoms with van der Waals surface area (Å²) in [6, 6.07) is 2.34. The molecule has 0 radical (unpaired) electrons. The minimum atomic E-state index is -0.945. The zero-order valence-electron chi connectivity index (χ0n) is 6.56. The van der Waals surface area contributed by atoms with Crippen molar-refractivity contribution in [2.75, 3.05) is 0 Å². The second kappa shape index (κ2) is 3.40. The van der Waals surface area contributed by atoms with Gasteiger partial charge in [0, 0.05) is 6.07 Å². The molecule has 7 heteroatoms. The Morgan fingerprint density at radius 1 is 1.50 bits per heavy atom. The zero-order chi connectivity index (χ0) is 10.9. The molecule has 0 amide bonds. The second-order valence-electron chi connectivity index (χ2n) is 2.32. The van der Waals surface area contributed by atoms with Gasteiger partial charge < -0.3 is 10.2 Å². The van der Waals surface area contributed by atoms with Crippen LogP contribution in [0.15, 0.2) is 6.07 Å². The van der Waals surface area contributed by atoms with Gasteiger partial charge in [-0.25, -0.2) is 0 Å². The second-order valence-corrected chi connectivity index (χ2v) is 2.70. The molecule has 1 rings (SSSR count). The highest BCUT2D eigenvalue weighted by Crippen LogP contribution is 2.42. The van der Waals surface area contributed by atoms with Crippen LogP contribution in [-0.2, 0) is 0 Å². The molecule has 0 saturated heterocycles. The van der Waals surface area contributed by atoms with Crippen LogP contribution in [-0.4, -0.2) is 15.1 Å². The van der Waals surface area contributed by atoms with Gasteiger partial charge in [-0.1, -0.05) is 11.6 Å². The number of aromatic hydroxyl groups is 2. The van der Waals surface area contributed by atoms with Crippen molar-refractivity contribution in [3.63, 3.8) is 0 Å². The largest absolute Gasteiger partial charge is 0.503 e. The van der Waals surface area contributed by atoms with Crippen molar-refractivity contribution < 1.29 is 15.1 Å². The molecule has 0 bridgehead atoms. The van der Waals surface area contributed by atoms with Crippen LogP contribution in [0.5, 0.6) is 11.5 Å². The highest BCUT2D eigenvalue weighted by atomic mass is 35.5. The molecule has 0 saturated carbocycles. The number of phenolic OH excluding ortho intramolecular Hbond substituents is 2. The number of benzene rings is 1. The van der Waals surface area contributed by atoms with Crippen LogP contribution in [0, 0.1) is 21.4 Å². The van der Waals surface area contributed by atoms with E-state index in [2.05, 4.69) is 0 Å². The minimum Gasteiger partial charge on any atom is -0.503 e. The van der Waals surface area contributed by atoms with Crippen molar-refractivity contribution in [3.05, 3.63) is 26.8 Å². The number of phenols is 2. The molecule has 0 atom stereocenters. The van der Waals surface area contributed by atoms with Crippen LogP contribution in [0.3, 0.4) is 0 Å². The Bertz CT molecular complexity index is 452. The van der Waals surface area contributed by atoms with Crippen LogP contribution in [0.1, 0.15) is 5.56 Å². The number of rotatable bonds is 1. The summed E-state index contributed by atoms with van der Waals surface area (Å²) in [5, 5.41) is 36.6. The van der Waals surface area contributed by atoms with Crippen LogP contribution < -0.4 is 0 Å². The van der Waals surface area contributed by atoms with E-state index in [1.807, 2.05) is 0 Å². The Balaban J connectivity index is 3.59. The smallest absolute Gasteiger partial charge is 0.316 e. The van der Waals surface area contributed by atoms with Gasteiger partial charge in [-0.05, 0) is 0 Å². The monoisotopic (exact) mass is 214 g/mol. The Kier molecular flexibility index (Phi) is 2.45. The Morgan fingerprint density at radius 3 is 2.50 bits per heavy atom. The Morgan fingerprint density at radius 2 is 2.07 bits per heavy atom. The van der Waals surface area contributed by atoms with Gasteiger partial charge in [0.25, 0.3) is 0 Å². The fourth-order valence-corrected chi connectivity index (χ4v) is 1.03. The van der Waals surface area contributed by atoms with Gasteiger partial charge in [-0.2, -0.15) is 5.26 Å². The molecule has 1 aromatic rings. The molecule has 0 unspecified atom stereocenters. The topological polar surface area (TPSA) is 107 Å². The quantitative estimate of drug-likeness (QED) is 0.419. The lowest BCUT2D eigenvalue weighted by Crippen LogP contribution is -1.91. The molecule has 0 aliphatic heterocycles. The fraction of sp³-hybridized carbons (Fsp3) is 0. The Hall–Kier alpha value is -2.00. The number of hydrogen-bond donors (Lipinski definition) is 2. The molecule has 0 spiro atoms. The van der Waals surface area contributed by atoms with E-state index in [1.165, 1.54) is 0 Å². The van der Waals surface area contributed by atoms with Crippen LogP contribution in [0.2, 0.25) is 5.02 Å². The zero-order valence-corrected chi connectivity index (χ0v) is 7.32. The normalized spacial score (nSPS) is 9.43. The van der Waals surface area contributed by atoms with E-state index >= 15 is 0 Å². The van der Waals surface area contributed by atoms with Crippen molar-refractivity contribution in [3.8, 4) is 17.6 Å². The summed E-state index contributed by atoms with van der Waals surface area (Å²) in [6.07, 6.45) is 0. The summed E-state index contributed by atoms with van der Waals surface area (Å²) in [5.74, 6) is -1.81. The van der Waals surface area contributed by atoms with Gasteiger partial charge >= 0.3 is 5.69 Å². The first kappa shape index (κ1) is 10.1.